The van der Waals surface area contributed by atoms with Crippen molar-refractivity contribution in [2.24, 2.45) is 0 Å². The third-order valence-corrected chi connectivity index (χ3v) is 2.12. The number of aryl methyl sites for hydroxylation is 2. The lowest BCUT2D eigenvalue weighted by Gasteiger charge is -2.01. The summed E-state index contributed by atoms with van der Waals surface area (Å²) in [6.07, 6.45) is 0. The Labute approximate surface area is 81.5 Å². The summed E-state index contributed by atoms with van der Waals surface area (Å²) < 4.78 is 0. The van der Waals surface area contributed by atoms with Crippen molar-refractivity contribution >= 4 is 22.6 Å². The first-order chi connectivity index (χ1) is 6.02. The Kier molecular flexibility index (Phi) is 2.83. The molecule has 0 saturated carbocycles. The van der Waals surface area contributed by atoms with E-state index in [0.717, 1.165) is 11.1 Å². The molecule has 0 fully saturated rings. The number of halogens is 1. The Hall–Kier alpha value is -1.15. The third-order valence-electron chi connectivity index (χ3n) is 1.95. The van der Waals surface area contributed by atoms with E-state index in [9.17, 15) is 9.59 Å². The molecule has 0 aliphatic carbocycles. The number of benzene rings is 1. The number of hydrogen-bond acceptors (Lipinski definition) is 2. The molecule has 13 heavy (non-hydrogen) atoms. The maximum atomic E-state index is 11.1. The van der Waals surface area contributed by atoms with Crippen LogP contribution < -0.4 is 0 Å². The Morgan fingerprint density at radius 3 is 2.23 bits per heavy atom. The highest BCUT2D eigenvalue weighted by molar-refractivity contribution is 6.83. The van der Waals surface area contributed by atoms with E-state index in [1.165, 1.54) is 0 Å². The minimum absolute atomic E-state index is 0.350. The highest BCUT2D eigenvalue weighted by atomic mass is 35.5. The third kappa shape index (κ3) is 2.16. The second-order valence-electron chi connectivity index (χ2n) is 2.90. The molecule has 0 heterocycles. The highest BCUT2D eigenvalue weighted by Gasteiger charge is 2.13. The number of Topliss-reactive ketones (excluding diaryl/α,β-unsaturated/α-hetero) is 1. The second-order valence-corrected chi connectivity index (χ2v) is 3.25. The summed E-state index contributed by atoms with van der Waals surface area (Å²) in [4.78, 5) is 21.7. The van der Waals surface area contributed by atoms with Crippen LogP contribution in [0.1, 0.15) is 21.5 Å². The zero-order chi connectivity index (χ0) is 10.0. The zero-order valence-electron chi connectivity index (χ0n) is 7.43. The van der Waals surface area contributed by atoms with Crippen LogP contribution in [-0.2, 0) is 4.79 Å². The SMILES string of the molecule is Cc1ccc(C(=O)C(=O)Cl)cc1C. The predicted molar refractivity (Wildman–Crippen MR) is 51.1 cm³/mol. The van der Waals surface area contributed by atoms with Crippen LogP contribution in [0.5, 0.6) is 0 Å². The van der Waals surface area contributed by atoms with Crippen LogP contribution >= 0.6 is 11.6 Å². The van der Waals surface area contributed by atoms with E-state index in [4.69, 9.17) is 11.6 Å². The first kappa shape index (κ1) is 9.93. The van der Waals surface area contributed by atoms with Crippen molar-refractivity contribution in [1.82, 2.24) is 0 Å². The topological polar surface area (TPSA) is 34.1 Å². The first-order valence-corrected chi connectivity index (χ1v) is 4.21. The number of carbonyl (C=O) groups excluding carboxylic acids is 2. The average Bonchev–Trinajstić information content (AvgIpc) is 2.08. The number of rotatable bonds is 2. The van der Waals surface area contributed by atoms with Crippen LogP contribution in [-0.4, -0.2) is 11.0 Å². The zero-order valence-corrected chi connectivity index (χ0v) is 8.18. The lowest BCUT2D eigenvalue weighted by Crippen LogP contribution is -2.07. The van der Waals surface area contributed by atoms with E-state index in [2.05, 4.69) is 0 Å². The van der Waals surface area contributed by atoms with Gasteiger partial charge in [0.25, 0.3) is 5.24 Å². The minimum Gasteiger partial charge on any atom is -0.284 e. The molecule has 0 atom stereocenters. The van der Waals surface area contributed by atoms with Crippen molar-refractivity contribution in [2.75, 3.05) is 0 Å². The van der Waals surface area contributed by atoms with Crippen molar-refractivity contribution in [3.63, 3.8) is 0 Å². The van der Waals surface area contributed by atoms with Gasteiger partial charge < -0.3 is 0 Å². The van der Waals surface area contributed by atoms with Crippen LogP contribution in [0, 0.1) is 13.8 Å². The number of carbonyl (C=O) groups is 2. The molecule has 0 saturated heterocycles. The Morgan fingerprint density at radius 2 is 1.77 bits per heavy atom. The lowest BCUT2D eigenvalue weighted by atomic mass is 10.0. The van der Waals surface area contributed by atoms with E-state index < -0.39 is 11.0 Å². The lowest BCUT2D eigenvalue weighted by molar-refractivity contribution is -0.108. The first-order valence-electron chi connectivity index (χ1n) is 3.84. The molecule has 0 aliphatic rings. The summed E-state index contributed by atoms with van der Waals surface area (Å²) >= 11 is 5.07. The van der Waals surface area contributed by atoms with Crippen molar-refractivity contribution in [2.45, 2.75) is 13.8 Å². The van der Waals surface area contributed by atoms with Gasteiger partial charge in [0, 0.05) is 5.56 Å². The molecule has 0 spiro atoms. The van der Waals surface area contributed by atoms with Crippen molar-refractivity contribution in [1.29, 1.82) is 0 Å². The highest BCUT2D eigenvalue weighted by Crippen LogP contribution is 2.11. The summed E-state index contributed by atoms with van der Waals surface area (Å²) in [6, 6.07) is 5.06. The molecule has 0 unspecified atom stereocenters. The van der Waals surface area contributed by atoms with Gasteiger partial charge >= 0.3 is 0 Å². The average molecular weight is 197 g/mol. The van der Waals surface area contributed by atoms with E-state index >= 15 is 0 Å². The summed E-state index contributed by atoms with van der Waals surface area (Å²) in [7, 11) is 0. The van der Waals surface area contributed by atoms with E-state index in [-0.39, 0.29) is 0 Å². The Morgan fingerprint density at radius 1 is 1.15 bits per heavy atom. The van der Waals surface area contributed by atoms with Gasteiger partial charge in [-0.15, -0.1) is 0 Å². The van der Waals surface area contributed by atoms with Crippen LogP contribution in [0.15, 0.2) is 18.2 Å². The van der Waals surface area contributed by atoms with Gasteiger partial charge in [0.05, 0.1) is 0 Å². The fourth-order valence-corrected chi connectivity index (χ4v) is 1.11. The van der Waals surface area contributed by atoms with Gasteiger partial charge in [-0.3, -0.25) is 9.59 Å². The fourth-order valence-electron chi connectivity index (χ4n) is 0.996. The monoisotopic (exact) mass is 196 g/mol. The maximum absolute atomic E-state index is 11.1. The van der Waals surface area contributed by atoms with Gasteiger partial charge in [-0.1, -0.05) is 12.1 Å². The van der Waals surface area contributed by atoms with Crippen LogP contribution in [0.4, 0.5) is 0 Å². The normalized spacial score (nSPS) is 9.77. The summed E-state index contributed by atoms with van der Waals surface area (Å²) in [5, 5.41) is -0.941. The van der Waals surface area contributed by atoms with Crippen LogP contribution in [0.25, 0.3) is 0 Å². The van der Waals surface area contributed by atoms with Crippen LogP contribution in [0.3, 0.4) is 0 Å². The quantitative estimate of drug-likeness (QED) is 0.413. The molecule has 1 aromatic carbocycles. The van der Waals surface area contributed by atoms with Crippen molar-refractivity contribution in [3.8, 4) is 0 Å². The van der Waals surface area contributed by atoms with Crippen molar-refractivity contribution in [3.05, 3.63) is 34.9 Å². The Bertz CT molecular complexity index is 369. The summed E-state index contributed by atoms with van der Waals surface area (Å²) in [6.45, 7) is 3.82. The summed E-state index contributed by atoms with van der Waals surface area (Å²) in [5.74, 6) is -0.648. The van der Waals surface area contributed by atoms with Gasteiger partial charge in [-0.2, -0.15) is 0 Å². The molecule has 0 aliphatic heterocycles. The molecule has 0 bridgehead atoms. The molecule has 68 valence electrons. The van der Waals surface area contributed by atoms with Gasteiger partial charge in [0.1, 0.15) is 0 Å². The largest absolute Gasteiger partial charge is 0.293 e. The molecular weight excluding hydrogens is 188 g/mol. The molecule has 0 aromatic heterocycles. The molecule has 1 rings (SSSR count). The Balaban J connectivity index is 3.11. The van der Waals surface area contributed by atoms with Crippen molar-refractivity contribution < 1.29 is 9.59 Å². The van der Waals surface area contributed by atoms with E-state index in [1.54, 1.807) is 18.2 Å². The molecule has 1 aromatic rings. The van der Waals surface area contributed by atoms with Gasteiger partial charge in [-0.25, -0.2) is 0 Å². The smallest absolute Gasteiger partial charge is 0.284 e. The number of ketones is 1. The summed E-state index contributed by atoms with van der Waals surface area (Å²) in [5.41, 5.74) is 2.41. The standard InChI is InChI=1S/C10H9ClO2/c1-6-3-4-8(5-7(6)2)9(12)10(11)13/h3-5H,1-2H3. The maximum Gasteiger partial charge on any atom is 0.293 e. The van der Waals surface area contributed by atoms with Gasteiger partial charge in [0.2, 0.25) is 5.78 Å². The number of hydrogen-bond donors (Lipinski definition) is 0. The molecule has 0 radical (unpaired) electrons. The predicted octanol–water partition coefficient (Wildman–Crippen LogP) is 2.25. The molecule has 0 N–H and O–H groups in total. The van der Waals surface area contributed by atoms with E-state index in [0.29, 0.717) is 5.56 Å². The minimum atomic E-state index is -0.941. The molecular formula is C10H9ClO2. The fraction of sp³-hybridized carbons (Fsp3) is 0.200. The van der Waals surface area contributed by atoms with Gasteiger partial charge in [0.15, 0.2) is 0 Å². The molecule has 3 heteroatoms. The second kappa shape index (κ2) is 3.71. The van der Waals surface area contributed by atoms with E-state index in [1.807, 2.05) is 13.8 Å². The molecule has 0 amide bonds. The molecule has 2 nitrogen and oxygen atoms in total. The van der Waals surface area contributed by atoms with Gasteiger partial charge in [-0.05, 0) is 42.6 Å². The van der Waals surface area contributed by atoms with Crippen LogP contribution in [0.2, 0.25) is 0 Å².